The second-order valence-corrected chi connectivity index (χ2v) is 8.84. The Morgan fingerprint density at radius 1 is 0.968 bits per heavy atom. The van der Waals surface area contributed by atoms with Crippen LogP contribution < -0.4 is 15.4 Å². The highest BCUT2D eigenvalue weighted by molar-refractivity contribution is 14.1. The number of aryl methyl sites for hydroxylation is 1. The van der Waals surface area contributed by atoms with Crippen LogP contribution in [0.4, 0.5) is 16.2 Å². The summed E-state index contributed by atoms with van der Waals surface area (Å²) < 4.78 is 7.39. The van der Waals surface area contributed by atoms with Crippen LogP contribution >= 0.6 is 22.6 Å². The van der Waals surface area contributed by atoms with E-state index in [9.17, 15) is 4.79 Å². The van der Waals surface area contributed by atoms with Gasteiger partial charge in [0.1, 0.15) is 11.9 Å². The van der Waals surface area contributed by atoms with Crippen molar-refractivity contribution in [2.45, 2.75) is 19.4 Å². The summed E-state index contributed by atoms with van der Waals surface area (Å²) >= 11 is 2.26. The molecule has 0 radical (unpaired) electrons. The van der Waals surface area contributed by atoms with Crippen molar-refractivity contribution in [3.05, 3.63) is 87.5 Å². The number of amides is 2. The highest BCUT2D eigenvalue weighted by Crippen LogP contribution is 2.26. The van der Waals surface area contributed by atoms with E-state index in [1.54, 1.807) is 0 Å². The molecule has 0 bridgehead atoms. The molecule has 0 fully saturated rings. The van der Waals surface area contributed by atoms with Gasteiger partial charge >= 0.3 is 6.03 Å². The van der Waals surface area contributed by atoms with Gasteiger partial charge in [-0.25, -0.2) is 4.79 Å². The zero-order chi connectivity index (χ0) is 22.2. The Labute approximate surface area is 197 Å². The van der Waals surface area contributed by atoms with Crippen molar-refractivity contribution >= 4 is 40.0 Å². The van der Waals surface area contributed by atoms with E-state index >= 15 is 0 Å². The van der Waals surface area contributed by atoms with Gasteiger partial charge in [-0.1, -0.05) is 36.4 Å². The smallest absolute Gasteiger partial charge is 0.323 e. The highest BCUT2D eigenvalue weighted by Gasteiger charge is 2.14. The quantitative estimate of drug-likeness (QED) is 0.336. The molecule has 0 saturated heterocycles. The summed E-state index contributed by atoms with van der Waals surface area (Å²) in [6.07, 6.45) is 0.851. The van der Waals surface area contributed by atoms with Crippen LogP contribution in [0, 0.1) is 10.5 Å². The van der Waals surface area contributed by atoms with Gasteiger partial charge in [0, 0.05) is 27.9 Å². The van der Waals surface area contributed by atoms with Gasteiger partial charge in [0.05, 0.1) is 0 Å². The third-order valence-corrected chi connectivity index (χ3v) is 5.99. The number of anilines is 2. The van der Waals surface area contributed by atoms with Crippen molar-refractivity contribution in [3.63, 3.8) is 0 Å². The third-order valence-electron chi connectivity index (χ3n) is 4.83. The highest BCUT2D eigenvalue weighted by atomic mass is 127. The molecule has 5 nitrogen and oxygen atoms in total. The van der Waals surface area contributed by atoms with E-state index in [-0.39, 0.29) is 12.1 Å². The maximum Gasteiger partial charge on any atom is 0.323 e. The number of benzene rings is 3. The topological polar surface area (TPSA) is 53.6 Å². The summed E-state index contributed by atoms with van der Waals surface area (Å²) in [4.78, 5) is 14.5. The molecule has 0 aliphatic rings. The van der Waals surface area contributed by atoms with Crippen LogP contribution in [0.1, 0.15) is 23.7 Å². The van der Waals surface area contributed by atoms with E-state index in [1.165, 1.54) is 5.56 Å². The van der Waals surface area contributed by atoms with Crippen molar-refractivity contribution in [1.29, 1.82) is 0 Å². The lowest BCUT2D eigenvalue weighted by Gasteiger charge is -2.21. The molecular formula is C25H28IN3O2. The van der Waals surface area contributed by atoms with Crippen LogP contribution in [0.2, 0.25) is 0 Å². The normalized spacial score (nSPS) is 11.8. The lowest BCUT2D eigenvalue weighted by atomic mass is 10.1. The second-order valence-electron chi connectivity index (χ2n) is 7.68. The molecule has 31 heavy (non-hydrogen) atoms. The zero-order valence-corrected chi connectivity index (χ0v) is 20.2. The number of rotatable bonds is 8. The predicted molar refractivity (Wildman–Crippen MR) is 136 cm³/mol. The largest absolute Gasteiger partial charge is 0.486 e. The SMILES string of the molecule is Cc1ccc(NC(=O)Nc2ccc(OC(CCN(C)C)c3ccccc3)cc2)cc1I. The number of nitrogens with one attached hydrogen (secondary N) is 2. The average molecular weight is 529 g/mol. The Morgan fingerprint density at radius 3 is 2.26 bits per heavy atom. The molecule has 2 N–H and O–H groups in total. The summed E-state index contributed by atoms with van der Waals surface area (Å²) in [5.41, 5.74) is 3.80. The molecule has 0 heterocycles. The fourth-order valence-corrected chi connectivity index (χ4v) is 3.60. The van der Waals surface area contributed by atoms with Gasteiger partial charge in [-0.15, -0.1) is 0 Å². The average Bonchev–Trinajstić information content (AvgIpc) is 2.75. The molecule has 3 aromatic carbocycles. The summed E-state index contributed by atoms with van der Waals surface area (Å²) in [7, 11) is 4.12. The monoisotopic (exact) mass is 529 g/mol. The minimum atomic E-state index is -0.276. The summed E-state index contributed by atoms with van der Waals surface area (Å²) in [6.45, 7) is 2.97. The first kappa shape index (κ1) is 23.1. The van der Waals surface area contributed by atoms with Gasteiger partial charge in [-0.3, -0.25) is 0 Å². The second kappa shape index (κ2) is 11.2. The molecule has 162 valence electrons. The Morgan fingerprint density at radius 2 is 1.61 bits per heavy atom. The Hall–Kier alpha value is -2.58. The van der Waals surface area contributed by atoms with E-state index in [0.29, 0.717) is 5.69 Å². The maximum atomic E-state index is 12.3. The van der Waals surface area contributed by atoms with Crippen molar-refractivity contribution < 1.29 is 9.53 Å². The first-order valence-electron chi connectivity index (χ1n) is 10.2. The van der Waals surface area contributed by atoms with E-state index in [4.69, 9.17) is 4.74 Å². The lowest BCUT2D eigenvalue weighted by Crippen LogP contribution is -2.19. The number of nitrogens with zero attached hydrogens (tertiary/aromatic N) is 1. The van der Waals surface area contributed by atoms with Crippen molar-refractivity contribution in [1.82, 2.24) is 4.90 Å². The molecule has 3 rings (SSSR count). The van der Waals surface area contributed by atoms with Crippen molar-refractivity contribution in [3.8, 4) is 5.75 Å². The van der Waals surface area contributed by atoms with Gasteiger partial charge in [-0.2, -0.15) is 0 Å². The number of hydrogen-bond acceptors (Lipinski definition) is 3. The van der Waals surface area contributed by atoms with E-state index in [0.717, 1.165) is 33.5 Å². The molecule has 2 amide bonds. The summed E-state index contributed by atoms with van der Waals surface area (Å²) in [5.74, 6) is 0.770. The van der Waals surface area contributed by atoms with Crippen LogP contribution in [0.15, 0.2) is 72.8 Å². The van der Waals surface area contributed by atoms with Crippen LogP contribution in [0.3, 0.4) is 0 Å². The van der Waals surface area contributed by atoms with Crippen molar-refractivity contribution in [2.75, 3.05) is 31.3 Å². The van der Waals surface area contributed by atoms with Gasteiger partial charge in [0.15, 0.2) is 0 Å². The number of carbonyl (C=O) groups excluding carboxylic acids is 1. The fourth-order valence-electron chi connectivity index (χ4n) is 3.08. The molecule has 0 saturated carbocycles. The van der Waals surface area contributed by atoms with Gasteiger partial charge in [-0.05, 0) is 91.1 Å². The minimum Gasteiger partial charge on any atom is -0.486 e. The number of hydrogen-bond donors (Lipinski definition) is 2. The lowest BCUT2D eigenvalue weighted by molar-refractivity contribution is 0.179. The fraction of sp³-hybridized carbons (Fsp3) is 0.240. The standard InChI is InChI=1S/C25H28IN3O2/c1-18-9-10-21(17-23(18)26)28-25(30)27-20-11-13-22(14-12-20)31-24(15-16-29(2)3)19-7-5-4-6-8-19/h4-14,17,24H,15-16H2,1-3H3,(H2,27,28,30). The van der Waals surface area contributed by atoms with Gasteiger partial charge < -0.3 is 20.3 Å². The molecule has 1 atom stereocenters. The van der Waals surface area contributed by atoms with E-state index in [1.807, 2.05) is 67.6 Å². The van der Waals surface area contributed by atoms with Crippen molar-refractivity contribution in [2.24, 2.45) is 0 Å². The molecule has 6 heteroatoms. The Balaban J connectivity index is 1.61. The summed E-state index contributed by atoms with van der Waals surface area (Å²) in [5, 5.41) is 5.73. The van der Waals surface area contributed by atoms with Crippen LogP contribution in [-0.4, -0.2) is 31.6 Å². The molecule has 0 spiro atoms. The predicted octanol–water partition coefficient (Wildman–Crippen LogP) is 6.32. The maximum absolute atomic E-state index is 12.3. The minimum absolute atomic E-state index is 0.0327. The first-order chi connectivity index (χ1) is 14.9. The van der Waals surface area contributed by atoms with Crippen LogP contribution in [0.5, 0.6) is 5.75 Å². The number of urea groups is 1. The van der Waals surface area contributed by atoms with E-state index < -0.39 is 0 Å². The molecule has 0 aromatic heterocycles. The number of ether oxygens (including phenoxy) is 1. The third kappa shape index (κ3) is 7.25. The zero-order valence-electron chi connectivity index (χ0n) is 18.1. The van der Waals surface area contributed by atoms with Crippen LogP contribution in [-0.2, 0) is 0 Å². The number of halogens is 1. The first-order valence-corrected chi connectivity index (χ1v) is 11.3. The van der Waals surface area contributed by atoms with Crippen LogP contribution in [0.25, 0.3) is 0 Å². The molecule has 3 aromatic rings. The van der Waals surface area contributed by atoms with Gasteiger partial charge in [0.2, 0.25) is 0 Å². The summed E-state index contributed by atoms with van der Waals surface area (Å²) in [6, 6.07) is 23.3. The number of carbonyl (C=O) groups is 1. The molecular weight excluding hydrogens is 501 g/mol. The van der Waals surface area contributed by atoms with Gasteiger partial charge in [0.25, 0.3) is 0 Å². The van der Waals surface area contributed by atoms with E-state index in [2.05, 4.69) is 64.4 Å². The Bertz CT molecular complexity index is 991. The molecule has 0 aliphatic carbocycles. The molecule has 1 unspecified atom stereocenters. The Kier molecular flexibility index (Phi) is 8.31. The molecule has 0 aliphatic heterocycles.